The SMILES string of the molecule is CCCCCCCCCCC=CC(CC)CCCCCCCCCCCCC. The van der Waals surface area contributed by atoms with Gasteiger partial charge in [0, 0.05) is 0 Å². The molecule has 0 aromatic heterocycles. The first-order valence-electron chi connectivity index (χ1n) is 13.5. The number of unbranched alkanes of at least 4 members (excludes halogenated alkanes) is 18. The minimum absolute atomic E-state index is 0.840. The Bertz CT molecular complexity index is 290. The predicted octanol–water partition coefficient (Wildman–Crippen LogP) is 10.8. The van der Waals surface area contributed by atoms with E-state index in [0.29, 0.717) is 0 Å². The van der Waals surface area contributed by atoms with Crippen molar-refractivity contribution in [3.8, 4) is 0 Å². The van der Waals surface area contributed by atoms with Crippen LogP contribution >= 0.6 is 0 Å². The van der Waals surface area contributed by atoms with Gasteiger partial charge in [0.2, 0.25) is 0 Å². The Balaban J connectivity index is 3.37. The lowest BCUT2D eigenvalue weighted by atomic mass is 9.96. The second-order valence-corrected chi connectivity index (χ2v) is 9.18. The van der Waals surface area contributed by atoms with Gasteiger partial charge in [-0.1, -0.05) is 148 Å². The van der Waals surface area contributed by atoms with Gasteiger partial charge in [0.25, 0.3) is 0 Å². The first kappa shape index (κ1) is 27.7. The molecule has 0 fully saturated rings. The third-order valence-corrected chi connectivity index (χ3v) is 6.34. The molecule has 0 aromatic rings. The maximum atomic E-state index is 2.54. The summed E-state index contributed by atoms with van der Waals surface area (Å²) < 4.78 is 0. The van der Waals surface area contributed by atoms with Crippen LogP contribution in [0.2, 0.25) is 0 Å². The highest BCUT2D eigenvalue weighted by Crippen LogP contribution is 2.18. The van der Waals surface area contributed by atoms with Gasteiger partial charge in [-0.15, -0.1) is 0 Å². The van der Waals surface area contributed by atoms with Crippen LogP contribution in [0.25, 0.3) is 0 Å². The molecule has 0 aliphatic carbocycles. The minimum atomic E-state index is 0.840. The van der Waals surface area contributed by atoms with Gasteiger partial charge in [-0.2, -0.15) is 0 Å². The van der Waals surface area contributed by atoms with Crippen LogP contribution in [0.1, 0.15) is 162 Å². The second kappa shape index (κ2) is 24.8. The van der Waals surface area contributed by atoms with Crippen LogP contribution in [0.4, 0.5) is 0 Å². The molecule has 0 bridgehead atoms. The third-order valence-electron chi connectivity index (χ3n) is 6.34. The molecule has 0 aliphatic heterocycles. The Morgan fingerprint density at radius 2 is 0.857 bits per heavy atom. The van der Waals surface area contributed by atoms with Crippen molar-refractivity contribution in [3.05, 3.63) is 12.2 Å². The van der Waals surface area contributed by atoms with E-state index in [9.17, 15) is 0 Å². The molecule has 28 heavy (non-hydrogen) atoms. The average molecular weight is 393 g/mol. The van der Waals surface area contributed by atoms with Crippen LogP contribution in [0.5, 0.6) is 0 Å². The summed E-state index contributed by atoms with van der Waals surface area (Å²) in [6, 6.07) is 0. The summed E-state index contributed by atoms with van der Waals surface area (Å²) in [5.41, 5.74) is 0. The number of hydrogen-bond acceptors (Lipinski definition) is 0. The lowest BCUT2D eigenvalue weighted by Gasteiger charge is -2.10. The fraction of sp³-hybridized carbons (Fsp3) is 0.929. The van der Waals surface area contributed by atoms with Gasteiger partial charge in [-0.05, 0) is 31.6 Å². The van der Waals surface area contributed by atoms with Gasteiger partial charge in [0.05, 0.1) is 0 Å². The molecule has 168 valence electrons. The quantitative estimate of drug-likeness (QED) is 0.120. The fourth-order valence-corrected chi connectivity index (χ4v) is 4.19. The Labute approximate surface area is 180 Å². The fourth-order valence-electron chi connectivity index (χ4n) is 4.19. The molecule has 0 rings (SSSR count). The zero-order chi connectivity index (χ0) is 20.5. The summed E-state index contributed by atoms with van der Waals surface area (Å²) >= 11 is 0. The lowest BCUT2D eigenvalue weighted by molar-refractivity contribution is 0.499. The van der Waals surface area contributed by atoms with Crippen molar-refractivity contribution in [2.45, 2.75) is 162 Å². The van der Waals surface area contributed by atoms with E-state index in [-0.39, 0.29) is 0 Å². The largest absolute Gasteiger partial charge is 0.0883 e. The molecule has 1 atom stereocenters. The van der Waals surface area contributed by atoms with E-state index < -0.39 is 0 Å². The molecule has 0 N–H and O–H groups in total. The van der Waals surface area contributed by atoms with Crippen LogP contribution < -0.4 is 0 Å². The van der Waals surface area contributed by atoms with E-state index in [0.717, 1.165) is 5.92 Å². The van der Waals surface area contributed by atoms with Crippen molar-refractivity contribution in [2.75, 3.05) is 0 Å². The van der Waals surface area contributed by atoms with Gasteiger partial charge in [-0.25, -0.2) is 0 Å². The van der Waals surface area contributed by atoms with Crippen molar-refractivity contribution >= 4 is 0 Å². The molecule has 0 aromatic carbocycles. The standard InChI is InChI=1S/C28H56/c1-4-7-9-11-13-15-17-19-21-23-25-27-28(6-3)26-24-22-20-18-16-14-12-10-8-5-2/h24,26,28H,4-23,25,27H2,1-3H3. The van der Waals surface area contributed by atoms with E-state index in [2.05, 4.69) is 32.9 Å². The highest BCUT2D eigenvalue weighted by molar-refractivity contribution is 4.87. The van der Waals surface area contributed by atoms with Gasteiger partial charge in [-0.3, -0.25) is 0 Å². The lowest BCUT2D eigenvalue weighted by Crippen LogP contribution is -1.94. The summed E-state index contributed by atoms with van der Waals surface area (Å²) in [6.07, 6.45) is 36.5. The van der Waals surface area contributed by atoms with Crippen molar-refractivity contribution in [3.63, 3.8) is 0 Å². The molecule has 0 saturated carbocycles. The average Bonchev–Trinajstić information content (AvgIpc) is 2.71. The summed E-state index contributed by atoms with van der Waals surface area (Å²) in [4.78, 5) is 0. The Hall–Kier alpha value is -0.260. The zero-order valence-corrected chi connectivity index (χ0v) is 20.3. The van der Waals surface area contributed by atoms with Crippen LogP contribution in [0.15, 0.2) is 12.2 Å². The number of rotatable bonds is 23. The predicted molar refractivity (Wildman–Crippen MR) is 131 cm³/mol. The van der Waals surface area contributed by atoms with Crippen molar-refractivity contribution in [2.24, 2.45) is 5.92 Å². The number of allylic oxidation sites excluding steroid dienone is 2. The third kappa shape index (κ3) is 22.0. The van der Waals surface area contributed by atoms with Gasteiger partial charge >= 0.3 is 0 Å². The summed E-state index contributed by atoms with van der Waals surface area (Å²) in [7, 11) is 0. The van der Waals surface area contributed by atoms with Crippen molar-refractivity contribution in [1.29, 1.82) is 0 Å². The molecule has 0 saturated heterocycles. The summed E-state index contributed by atoms with van der Waals surface area (Å²) in [5, 5.41) is 0. The molecule has 0 aliphatic rings. The maximum Gasteiger partial charge on any atom is -0.0236 e. The molecule has 0 spiro atoms. The molecule has 0 nitrogen and oxygen atoms in total. The van der Waals surface area contributed by atoms with E-state index >= 15 is 0 Å². The molecule has 0 radical (unpaired) electrons. The first-order chi connectivity index (χ1) is 13.8. The molecule has 0 heteroatoms. The van der Waals surface area contributed by atoms with E-state index in [1.165, 1.54) is 141 Å². The smallest absolute Gasteiger partial charge is 0.0236 e. The van der Waals surface area contributed by atoms with E-state index in [1.54, 1.807) is 0 Å². The van der Waals surface area contributed by atoms with Gasteiger partial charge in [0.1, 0.15) is 0 Å². The van der Waals surface area contributed by atoms with E-state index in [4.69, 9.17) is 0 Å². The molecule has 0 amide bonds. The van der Waals surface area contributed by atoms with Crippen LogP contribution in [0.3, 0.4) is 0 Å². The summed E-state index contributed by atoms with van der Waals surface area (Å²) in [6.45, 7) is 6.97. The molecule has 0 heterocycles. The Kier molecular flexibility index (Phi) is 24.5. The molecular formula is C28H56. The topological polar surface area (TPSA) is 0 Å². The first-order valence-corrected chi connectivity index (χ1v) is 13.5. The van der Waals surface area contributed by atoms with Gasteiger partial charge < -0.3 is 0 Å². The van der Waals surface area contributed by atoms with Crippen LogP contribution in [0, 0.1) is 5.92 Å². The van der Waals surface area contributed by atoms with Crippen LogP contribution in [-0.4, -0.2) is 0 Å². The monoisotopic (exact) mass is 392 g/mol. The molecular weight excluding hydrogens is 336 g/mol. The highest BCUT2D eigenvalue weighted by Gasteiger charge is 2.01. The van der Waals surface area contributed by atoms with Crippen LogP contribution in [-0.2, 0) is 0 Å². The van der Waals surface area contributed by atoms with Crippen molar-refractivity contribution < 1.29 is 0 Å². The van der Waals surface area contributed by atoms with E-state index in [1.807, 2.05) is 0 Å². The molecule has 1 unspecified atom stereocenters. The van der Waals surface area contributed by atoms with Crippen molar-refractivity contribution in [1.82, 2.24) is 0 Å². The zero-order valence-electron chi connectivity index (χ0n) is 20.3. The second-order valence-electron chi connectivity index (χ2n) is 9.18. The number of hydrogen-bond donors (Lipinski definition) is 0. The Morgan fingerprint density at radius 1 is 0.464 bits per heavy atom. The highest BCUT2D eigenvalue weighted by atomic mass is 14.1. The maximum absolute atomic E-state index is 2.54. The Morgan fingerprint density at radius 3 is 1.29 bits per heavy atom. The van der Waals surface area contributed by atoms with Gasteiger partial charge in [0.15, 0.2) is 0 Å². The minimum Gasteiger partial charge on any atom is -0.0883 e. The summed E-state index contributed by atoms with van der Waals surface area (Å²) in [5.74, 6) is 0.840. The normalized spacial score (nSPS) is 12.8.